The largest absolute Gasteiger partial charge is 0.372 e. The number of piperidine rings is 1. The molecule has 16 heavy (non-hydrogen) atoms. The van der Waals surface area contributed by atoms with E-state index in [1.54, 1.807) is 4.90 Å². The van der Waals surface area contributed by atoms with Crippen LogP contribution >= 0.6 is 0 Å². The Morgan fingerprint density at radius 2 is 2.19 bits per heavy atom. The van der Waals surface area contributed by atoms with Crippen LogP contribution in [0, 0.1) is 0 Å². The summed E-state index contributed by atoms with van der Waals surface area (Å²) in [6.45, 7) is 5.19. The third kappa shape index (κ3) is 2.53. The number of hydrogen-bond acceptors (Lipinski definition) is 4. The van der Waals surface area contributed by atoms with Crippen molar-refractivity contribution in [1.29, 1.82) is 0 Å². The van der Waals surface area contributed by atoms with E-state index in [4.69, 9.17) is 14.2 Å². The maximum absolute atomic E-state index is 11.8. The summed E-state index contributed by atoms with van der Waals surface area (Å²) in [7, 11) is 0. The Labute approximate surface area is 95.6 Å². The van der Waals surface area contributed by atoms with Gasteiger partial charge in [-0.3, -0.25) is 4.79 Å². The lowest BCUT2D eigenvalue weighted by Gasteiger charge is -2.38. The zero-order valence-electron chi connectivity index (χ0n) is 9.74. The normalized spacial score (nSPS) is 23.9. The molecule has 0 N–H and O–H groups in total. The Kier molecular flexibility index (Phi) is 3.78. The summed E-state index contributed by atoms with van der Waals surface area (Å²) in [6.07, 6.45) is 1.81. The number of rotatable bonds is 3. The van der Waals surface area contributed by atoms with Gasteiger partial charge >= 0.3 is 0 Å². The van der Waals surface area contributed by atoms with Gasteiger partial charge < -0.3 is 19.1 Å². The molecule has 5 heteroatoms. The van der Waals surface area contributed by atoms with Crippen LogP contribution in [-0.2, 0) is 19.0 Å². The van der Waals surface area contributed by atoms with Gasteiger partial charge in [0.25, 0.3) is 0 Å². The molecule has 2 saturated heterocycles. The summed E-state index contributed by atoms with van der Waals surface area (Å²) < 4.78 is 16.3. The van der Waals surface area contributed by atoms with Gasteiger partial charge in [-0.05, 0) is 13.3 Å². The molecule has 0 aromatic heterocycles. The predicted octanol–water partition coefficient (Wildman–Crippen LogP) is 0.388. The van der Waals surface area contributed by atoms with Gasteiger partial charge in [-0.15, -0.1) is 0 Å². The highest BCUT2D eigenvalue weighted by molar-refractivity contribution is 5.77. The highest BCUT2D eigenvalue weighted by Crippen LogP contribution is 2.29. The molecule has 0 saturated carbocycles. The molecule has 0 unspecified atom stereocenters. The summed E-state index contributed by atoms with van der Waals surface area (Å²) in [5.74, 6) is -0.500. The molecule has 92 valence electrons. The third-order valence-electron chi connectivity index (χ3n) is 3.01. The van der Waals surface area contributed by atoms with Crippen molar-refractivity contribution in [2.75, 3.05) is 39.5 Å². The first-order valence-corrected chi connectivity index (χ1v) is 5.89. The van der Waals surface area contributed by atoms with E-state index in [1.165, 1.54) is 0 Å². The Balaban J connectivity index is 1.88. The van der Waals surface area contributed by atoms with E-state index in [0.717, 1.165) is 19.4 Å². The summed E-state index contributed by atoms with van der Waals surface area (Å²) in [6, 6.07) is 0. The summed E-state index contributed by atoms with van der Waals surface area (Å²) in [5.41, 5.74) is 0. The first-order chi connectivity index (χ1) is 7.76. The number of carbonyl (C=O) groups excluding carboxylic acids is 1. The summed E-state index contributed by atoms with van der Waals surface area (Å²) in [5, 5.41) is 0. The quantitative estimate of drug-likeness (QED) is 0.702. The van der Waals surface area contributed by atoms with Crippen molar-refractivity contribution in [2.24, 2.45) is 0 Å². The van der Waals surface area contributed by atoms with E-state index < -0.39 is 5.79 Å². The molecule has 2 heterocycles. The first kappa shape index (κ1) is 11.8. The number of amides is 1. The van der Waals surface area contributed by atoms with Crippen molar-refractivity contribution in [3.8, 4) is 0 Å². The molecule has 0 aromatic carbocycles. The van der Waals surface area contributed by atoms with Crippen LogP contribution in [0.15, 0.2) is 0 Å². The fourth-order valence-corrected chi connectivity index (χ4v) is 2.21. The molecule has 0 radical (unpaired) electrons. The first-order valence-electron chi connectivity index (χ1n) is 5.89. The van der Waals surface area contributed by atoms with Crippen LogP contribution in [0.3, 0.4) is 0 Å². The maximum atomic E-state index is 11.8. The fourth-order valence-electron chi connectivity index (χ4n) is 2.21. The number of hydrogen-bond donors (Lipinski definition) is 0. The summed E-state index contributed by atoms with van der Waals surface area (Å²) in [4.78, 5) is 13.6. The highest BCUT2D eigenvalue weighted by Gasteiger charge is 2.41. The average molecular weight is 229 g/mol. The minimum atomic E-state index is -0.528. The van der Waals surface area contributed by atoms with Gasteiger partial charge in [0.05, 0.1) is 19.8 Å². The minimum Gasteiger partial charge on any atom is -0.372 e. The van der Waals surface area contributed by atoms with E-state index in [-0.39, 0.29) is 12.5 Å². The smallest absolute Gasteiger partial charge is 0.248 e. The van der Waals surface area contributed by atoms with Crippen LogP contribution in [0.4, 0.5) is 0 Å². The molecule has 0 bridgehead atoms. The van der Waals surface area contributed by atoms with Crippen LogP contribution < -0.4 is 0 Å². The van der Waals surface area contributed by atoms with Gasteiger partial charge in [-0.2, -0.15) is 0 Å². The molecule has 2 aliphatic heterocycles. The SMILES string of the molecule is CCOCC(=O)N1CCCC2(C1)OCCO2. The second kappa shape index (κ2) is 5.12. The minimum absolute atomic E-state index is 0.0278. The van der Waals surface area contributed by atoms with Crippen molar-refractivity contribution in [1.82, 2.24) is 4.90 Å². The van der Waals surface area contributed by atoms with Crippen LogP contribution in [0.5, 0.6) is 0 Å². The predicted molar refractivity (Wildman–Crippen MR) is 56.9 cm³/mol. The molecule has 1 spiro atoms. The van der Waals surface area contributed by atoms with Gasteiger partial charge in [0.2, 0.25) is 5.91 Å². The standard InChI is InChI=1S/C11H19NO4/c1-2-14-8-10(13)12-5-3-4-11(9-12)15-6-7-16-11/h2-9H2,1H3. The second-order valence-electron chi connectivity index (χ2n) is 4.16. The molecule has 2 rings (SSSR count). The van der Waals surface area contributed by atoms with Crippen LogP contribution in [0.1, 0.15) is 19.8 Å². The van der Waals surface area contributed by atoms with E-state index in [1.807, 2.05) is 6.92 Å². The number of nitrogens with zero attached hydrogens (tertiary/aromatic N) is 1. The van der Waals surface area contributed by atoms with E-state index in [0.29, 0.717) is 26.4 Å². The van der Waals surface area contributed by atoms with E-state index in [2.05, 4.69) is 0 Å². The number of likely N-dealkylation sites (tertiary alicyclic amines) is 1. The zero-order chi connectivity index (χ0) is 11.4. The van der Waals surface area contributed by atoms with Gasteiger partial charge in [-0.1, -0.05) is 0 Å². The molecule has 2 aliphatic rings. The lowest BCUT2D eigenvalue weighted by Crippen LogP contribution is -2.51. The van der Waals surface area contributed by atoms with Gasteiger partial charge in [0.15, 0.2) is 5.79 Å². The molecule has 5 nitrogen and oxygen atoms in total. The maximum Gasteiger partial charge on any atom is 0.248 e. The van der Waals surface area contributed by atoms with Crippen molar-refractivity contribution in [3.05, 3.63) is 0 Å². The number of ether oxygens (including phenoxy) is 3. The van der Waals surface area contributed by atoms with Crippen molar-refractivity contribution >= 4 is 5.91 Å². The lowest BCUT2D eigenvalue weighted by atomic mass is 10.0. The average Bonchev–Trinajstić information content (AvgIpc) is 2.74. The fraction of sp³-hybridized carbons (Fsp3) is 0.909. The molecular weight excluding hydrogens is 210 g/mol. The Hall–Kier alpha value is -0.650. The Bertz CT molecular complexity index is 250. The molecule has 0 aromatic rings. The van der Waals surface area contributed by atoms with E-state index >= 15 is 0 Å². The molecule has 0 atom stereocenters. The van der Waals surface area contributed by atoms with Gasteiger partial charge in [0.1, 0.15) is 6.61 Å². The Morgan fingerprint density at radius 3 is 2.88 bits per heavy atom. The molecular formula is C11H19NO4. The van der Waals surface area contributed by atoms with Crippen LogP contribution in [0.2, 0.25) is 0 Å². The van der Waals surface area contributed by atoms with Crippen LogP contribution in [0.25, 0.3) is 0 Å². The van der Waals surface area contributed by atoms with Gasteiger partial charge in [0, 0.05) is 19.6 Å². The molecule has 0 aliphatic carbocycles. The van der Waals surface area contributed by atoms with Gasteiger partial charge in [-0.25, -0.2) is 0 Å². The zero-order valence-corrected chi connectivity index (χ0v) is 9.74. The Morgan fingerprint density at radius 1 is 1.44 bits per heavy atom. The molecule has 2 fully saturated rings. The lowest BCUT2D eigenvalue weighted by molar-refractivity contribution is -0.194. The monoisotopic (exact) mass is 229 g/mol. The highest BCUT2D eigenvalue weighted by atomic mass is 16.7. The third-order valence-corrected chi connectivity index (χ3v) is 3.01. The summed E-state index contributed by atoms with van der Waals surface area (Å²) >= 11 is 0. The topological polar surface area (TPSA) is 48.0 Å². The van der Waals surface area contributed by atoms with Crippen molar-refractivity contribution < 1.29 is 19.0 Å². The second-order valence-corrected chi connectivity index (χ2v) is 4.16. The van der Waals surface area contributed by atoms with Crippen molar-refractivity contribution in [2.45, 2.75) is 25.6 Å². The number of carbonyl (C=O) groups is 1. The molecule has 1 amide bonds. The van der Waals surface area contributed by atoms with E-state index in [9.17, 15) is 4.79 Å². The van der Waals surface area contributed by atoms with Crippen molar-refractivity contribution in [3.63, 3.8) is 0 Å². The van der Waals surface area contributed by atoms with Crippen LogP contribution in [-0.4, -0.2) is 56.1 Å².